The van der Waals surface area contributed by atoms with Gasteiger partial charge in [0.05, 0.1) is 12.0 Å². The second kappa shape index (κ2) is 7.66. The van der Waals surface area contributed by atoms with Crippen LogP contribution >= 0.6 is 11.6 Å². The number of carbonyl (C=O) groups excluding carboxylic acids is 1. The Bertz CT molecular complexity index is 951. The van der Waals surface area contributed by atoms with Gasteiger partial charge in [-0.1, -0.05) is 55.8 Å². The van der Waals surface area contributed by atoms with Gasteiger partial charge in [0.1, 0.15) is 10.7 Å². The number of imidazole rings is 1. The number of fused-ring (bicyclic) bond motifs is 1. The molecule has 2 heterocycles. The number of halogens is 1. The Morgan fingerprint density at radius 2 is 1.93 bits per heavy atom. The third-order valence-corrected chi connectivity index (χ3v) is 4.47. The van der Waals surface area contributed by atoms with Crippen LogP contribution in [0.2, 0.25) is 5.15 Å². The van der Waals surface area contributed by atoms with Crippen LogP contribution in [0.4, 0.5) is 5.95 Å². The number of nitrogens with one attached hydrogen (secondary N) is 1. The lowest BCUT2D eigenvalue weighted by Gasteiger charge is -2.23. The topological polar surface area (TPSA) is 80.0 Å². The second-order valence-electron chi connectivity index (χ2n) is 7.28. The lowest BCUT2D eigenvalue weighted by molar-refractivity contribution is -0.120. The third-order valence-electron chi connectivity index (χ3n) is 4.26. The van der Waals surface area contributed by atoms with Crippen LogP contribution in [0.15, 0.2) is 42.5 Å². The molecular formula is C20H23ClN4O2. The first kappa shape index (κ1) is 19.3. The highest BCUT2D eigenvalue weighted by Crippen LogP contribution is 2.26. The normalized spacial score (nSPS) is 13.7. The zero-order valence-electron chi connectivity index (χ0n) is 15.6. The van der Waals surface area contributed by atoms with Gasteiger partial charge in [-0.25, -0.2) is 9.97 Å². The average Bonchev–Trinajstić information content (AvgIpc) is 2.91. The number of pyridine rings is 1. The Morgan fingerprint density at radius 1 is 1.22 bits per heavy atom. The molecule has 0 saturated carbocycles. The zero-order chi connectivity index (χ0) is 19.6. The minimum absolute atomic E-state index is 0.0872. The first-order valence-electron chi connectivity index (χ1n) is 8.87. The number of rotatable bonds is 6. The molecule has 1 amide bonds. The molecule has 1 atom stereocenters. The molecular weight excluding hydrogens is 364 g/mol. The molecule has 7 heteroatoms. The molecule has 0 unspecified atom stereocenters. The predicted octanol–water partition coefficient (Wildman–Crippen LogP) is 3.98. The zero-order valence-corrected chi connectivity index (χ0v) is 16.4. The summed E-state index contributed by atoms with van der Waals surface area (Å²) in [5.74, 6) is 0.406. The van der Waals surface area contributed by atoms with Crippen LogP contribution in [-0.2, 0) is 16.9 Å². The number of hydrogen-bond donors (Lipinski definition) is 2. The molecule has 0 bridgehead atoms. The van der Waals surface area contributed by atoms with Crippen molar-refractivity contribution in [1.82, 2.24) is 14.5 Å². The van der Waals surface area contributed by atoms with E-state index in [1.165, 1.54) is 0 Å². The quantitative estimate of drug-likeness (QED) is 0.628. The summed E-state index contributed by atoms with van der Waals surface area (Å²) in [5, 5.41) is 13.9. The lowest BCUT2D eigenvalue weighted by Crippen LogP contribution is -2.29. The Labute approximate surface area is 163 Å². The van der Waals surface area contributed by atoms with Crippen molar-refractivity contribution in [2.75, 3.05) is 5.32 Å². The molecule has 0 spiro atoms. The van der Waals surface area contributed by atoms with Crippen molar-refractivity contribution in [3.8, 4) is 0 Å². The molecule has 27 heavy (non-hydrogen) atoms. The molecule has 3 rings (SSSR count). The van der Waals surface area contributed by atoms with E-state index < -0.39 is 5.60 Å². The van der Waals surface area contributed by atoms with Crippen LogP contribution in [0.25, 0.3) is 11.2 Å². The van der Waals surface area contributed by atoms with E-state index in [2.05, 4.69) is 29.1 Å². The molecule has 0 fully saturated rings. The molecule has 0 aliphatic heterocycles. The SMILES string of the molecule is CC(C)Cn1c(NC(=O)C[C@](C)(O)c2ccccc2)nc2ccc(Cl)nc21. The summed E-state index contributed by atoms with van der Waals surface area (Å²) in [6.07, 6.45) is -0.0872. The summed E-state index contributed by atoms with van der Waals surface area (Å²) in [7, 11) is 0. The van der Waals surface area contributed by atoms with E-state index in [0.717, 1.165) is 0 Å². The highest BCUT2D eigenvalue weighted by molar-refractivity contribution is 6.29. The molecule has 0 aliphatic carbocycles. The van der Waals surface area contributed by atoms with E-state index in [9.17, 15) is 9.90 Å². The fourth-order valence-electron chi connectivity index (χ4n) is 2.99. The summed E-state index contributed by atoms with van der Waals surface area (Å²) in [4.78, 5) is 21.4. The van der Waals surface area contributed by atoms with Crippen molar-refractivity contribution >= 4 is 34.6 Å². The van der Waals surface area contributed by atoms with Crippen LogP contribution in [0.3, 0.4) is 0 Å². The van der Waals surface area contributed by atoms with E-state index in [4.69, 9.17) is 11.6 Å². The number of carbonyl (C=O) groups is 1. The Balaban J connectivity index is 1.86. The van der Waals surface area contributed by atoms with E-state index in [1.807, 2.05) is 22.8 Å². The molecule has 0 radical (unpaired) electrons. The second-order valence-corrected chi connectivity index (χ2v) is 7.67. The van der Waals surface area contributed by atoms with Crippen LogP contribution in [0.5, 0.6) is 0 Å². The molecule has 0 aliphatic rings. The minimum atomic E-state index is -1.28. The number of nitrogens with zero attached hydrogens (tertiary/aromatic N) is 3. The molecule has 2 N–H and O–H groups in total. The summed E-state index contributed by atoms with van der Waals surface area (Å²) < 4.78 is 1.85. The number of amides is 1. The maximum atomic E-state index is 12.6. The third kappa shape index (κ3) is 4.46. The Hall–Kier alpha value is -2.44. The fourth-order valence-corrected chi connectivity index (χ4v) is 3.14. The fraction of sp³-hybridized carbons (Fsp3) is 0.350. The van der Waals surface area contributed by atoms with Gasteiger partial charge in [-0.3, -0.25) is 14.7 Å². The molecule has 1 aromatic carbocycles. The van der Waals surface area contributed by atoms with Gasteiger partial charge in [0.15, 0.2) is 5.65 Å². The van der Waals surface area contributed by atoms with E-state index in [0.29, 0.717) is 40.3 Å². The van der Waals surface area contributed by atoms with Crippen molar-refractivity contribution in [3.63, 3.8) is 0 Å². The number of hydrogen-bond acceptors (Lipinski definition) is 4. The standard InChI is InChI=1S/C20H23ClN4O2/c1-13(2)12-25-18-15(9-10-16(21)23-18)22-19(25)24-17(26)11-20(3,27)14-7-5-4-6-8-14/h4-10,13,27H,11-12H2,1-3H3,(H,22,24,26)/t20-/m0/s1. The van der Waals surface area contributed by atoms with Gasteiger partial charge in [0.25, 0.3) is 0 Å². The monoisotopic (exact) mass is 386 g/mol. The molecule has 3 aromatic rings. The van der Waals surface area contributed by atoms with Gasteiger partial charge in [-0.15, -0.1) is 0 Å². The van der Waals surface area contributed by atoms with E-state index in [1.54, 1.807) is 31.2 Å². The summed E-state index contributed by atoms with van der Waals surface area (Å²) >= 11 is 6.02. The molecule has 142 valence electrons. The van der Waals surface area contributed by atoms with Crippen LogP contribution in [-0.4, -0.2) is 25.5 Å². The first-order valence-corrected chi connectivity index (χ1v) is 9.24. The highest BCUT2D eigenvalue weighted by Gasteiger charge is 2.27. The number of anilines is 1. The van der Waals surface area contributed by atoms with Gasteiger partial charge in [-0.2, -0.15) is 0 Å². The maximum absolute atomic E-state index is 12.6. The Morgan fingerprint density at radius 3 is 2.59 bits per heavy atom. The maximum Gasteiger partial charge on any atom is 0.229 e. The number of benzene rings is 1. The van der Waals surface area contributed by atoms with Crippen LogP contribution < -0.4 is 5.32 Å². The predicted molar refractivity (Wildman–Crippen MR) is 107 cm³/mol. The Kier molecular flexibility index (Phi) is 5.48. The van der Waals surface area contributed by atoms with Crippen LogP contribution in [0.1, 0.15) is 32.8 Å². The van der Waals surface area contributed by atoms with Gasteiger partial charge >= 0.3 is 0 Å². The van der Waals surface area contributed by atoms with Crippen LogP contribution in [0, 0.1) is 5.92 Å². The smallest absolute Gasteiger partial charge is 0.229 e. The number of aromatic nitrogens is 3. The largest absolute Gasteiger partial charge is 0.385 e. The summed E-state index contributed by atoms with van der Waals surface area (Å²) in [6, 6.07) is 12.6. The van der Waals surface area contributed by atoms with Gasteiger partial charge < -0.3 is 5.11 Å². The molecule has 6 nitrogen and oxygen atoms in total. The van der Waals surface area contributed by atoms with Crippen molar-refractivity contribution in [3.05, 3.63) is 53.2 Å². The summed E-state index contributed by atoms with van der Waals surface area (Å²) in [5.41, 5.74) is 0.692. The van der Waals surface area contributed by atoms with Gasteiger partial charge in [0, 0.05) is 6.54 Å². The van der Waals surface area contributed by atoms with Gasteiger partial charge in [-0.05, 0) is 30.5 Å². The van der Waals surface area contributed by atoms with E-state index in [-0.39, 0.29) is 12.3 Å². The molecule has 0 saturated heterocycles. The van der Waals surface area contributed by atoms with Crippen molar-refractivity contribution in [1.29, 1.82) is 0 Å². The lowest BCUT2D eigenvalue weighted by atomic mass is 9.92. The van der Waals surface area contributed by atoms with Gasteiger partial charge in [0.2, 0.25) is 11.9 Å². The summed E-state index contributed by atoms with van der Waals surface area (Å²) in [6.45, 7) is 6.40. The highest BCUT2D eigenvalue weighted by atomic mass is 35.5. The average molecular weight is 387 g/mol. The van der Waals surface area contributed by atoms with Crippen molar-refractivity contribution in [2.45, 2.75) is 39.3 Å². The van der Waals surface area contributed by atoms with Crippen molar-refractivity contribution < 1.29 is 9.90 Å². The first-order chi connectivity index (χ1) is 12.8. The minimum Gasteiger partial charge on any atom is -0.385 e. The molecule has 2 aromatic heterocycles. The number of aliphatic hydroxyl groups is 1. The van der Waals surface area contributed by atoms with E-state index >= 15 is 0 Å². The van der Waals surface area contributed by atoms with Crippen molar-refractivity contribution in [2.24, 2.45) is 5.92 Å².